The van der Waals surface area contributed by atoms with Crippen LogP contribution in [-0.2, 0) is 9.59 Å². The number of ether oxygens (including phenoxy) is 1. The molecule has 0 aliphatic carbocycles. The number of aryl methyl sites for hydroxylation is 1. The highest BCUT2D eigenvalue weighted by atomic mass is 35.5. The summed E-state index contributed by atoms with van der Waals surface area (Å²) in [6.07, 6.45) is 0. The molecule has 2 amide bonds. The summed E-state index contributed by atoms with van der Waals surface area (Å²) < 4.78 is 5.18. The van der Waals surface area contributed by atoms with Crippen molar-refractivity contribution in [1.82, 2.24) is 0 Å². The van der Waals surface area contributed by atoms with Gasteiger partial charge in [0.15, 0.2) is 0 Å². The maximum Gasteiger partial charge on any atom is 0.283 e. The second kappa shape index (κ2) is 8.88. The molecule has 156 valence electrons. The van der Waals surface area contributed by atoms with E-state index < -0.39 is 5.91 Å². The minimum Gasteiger partial charge on any atom is -0.497 e. The van der Waals surface area contributed by atoms with Crippen LogP contribution in [0.5, 0.6) is 5.75 Å². The van der Waals surface area contributed by atoms with Crippen molar-refractivity contribution >= 4 is 46.6 Å². The zero-order valence-electron chi connectivity index (χ0n) is 16.9. The Balaban J connectivity index is 1.73. The van der Waals surface area contributed by atoms with Crippen LogP contribution in [0.25, 0.3) is 0 Å². The van der Waals surface area contributed by atoms with E-state index in [0.717, 1.165) is 16.1 Å². The van der Waals surface area contributed by atoms with Gasteiger partial charge in [-0.2, -0.15) is 0 Å². The molecule has 7 heteroatoms. The molecule has 31 heavy (non-hydrogen) atoms. The summed E-state index contributed by atoms with van der Waals surface area (Å²) in [5, 5.41) is 3.76. The summed E-state index contributed by atoms with van der Waals surface area (Å²) >= 11 is 7.22. The number of methoxy groups -OCH3 is 1. The molecule has 4 rings (SSSR count). The van der Waals surface area contributed by atoms with Crippen LogP contribution in [0.15, 0.2) is 88.3 Å². The number of carbonyl (C=O) groups excluding carboxylic acids is 2. The number of carbonyl (C=O) groups is 2. The minimum absolute atomic E-state index is 0.242. The summed E-state index contributed by atoms with van der Waals surface area (Å²) in [7, 11) is 1.56. The van der Waals surface area contributed by atoms with Crippen LogP contribution in [0.1, 0.15) is 5.56 Å². The number of anilines is 2. The quantitative estimate of drug-likeness (QED) is 0.492. The molecule has 1 aliphatic rings. The number of hydrogen-bond donors (Lipinski definition) is 1. The first kappa shape index (κ1) is 21.0. The topological polar surface area (TPSA) is 58.6 Å². The lowest BCUT2D eigenvalue weighted by Gasteiger charge is -2.15. The van der Waals surface area contributed by atoms with Crippen LogP contribution in [0, 0.1) is 6.92 Å². The van der Waals surface area contributed by atoms with Gasteiger partial charge in [-0.25, -0.2) is 4.90 Å². The van der Waals surface area contributed by atoms with Gasteiger partial charge in [-0.05, 0) is 73.2 Å². The molecular weight excluding hydrogens is 432 g/mol. The number of benzene rings is 3. The average Bonchev–Trinajstić information content (AvgIpc) is 2.99. The van der Waals surface area contributed by atoms with Crippen molar-refractivity contribution in [3.63, 3.8) is 0 Å². The van der Waals surface area contributed by atoms with Gasteiger partial charge in [-0.3, -0.25) is 9.59 Å². The third-order valence-corrected chi connectivity index (χ3v) is 6.04. The SMILES string of the molecule is COc1ccc(N2C(=O)C(Nc3cccc(C)c3)=C(Sc3ccc(Cl)cc3)C2=O)cc1. The second-order valence-electron chi connectivity index (χ2n) is 6.90. The normalized spacial score (nSPS) is 13.7. The molecule has 0 bridgehead atoms. The number of hydrogen-bond acceptors (Lipinski definition) is 5. The van der Waals surface area contributed by atoms with Crippen LogP contribution in [0.2, 0.25) is 5.02 Å². The third-order valence-electron chi connectivity index (χ3n) is 4.69. The van der Waals surface area contributed by atoms with E-state index in [-0.39, 0.29) is 11.6 Å². The van der Waals surface area contributed by atoms with Gasteiger partial charge in [0.05, 0.1) is 12.8 Å². The smallest absolute Gasteiger partial charge is 0.283 e. The van der Waals surface area contributed by atoms with Crippen LogP contribution in [0.4, 0.5) is 11.4 Å². The van der Waals surface area contributed by atoms with E-state index in [4.69, 9.17) is 16.3 Å². The van der Waals surface area contributed by atoms with Gasteiger partial charge in [-0.15, -0.1) is 0 Å². The number of nitrogens with zero attached hydrogens (tertiary/aromatic N) is 1. The standard InChI is InChI=1S/C24H19ClN2O3S/c1-15-4-3-5-17(14-15)26-21-22(31-20-12-6-16(25)7-13-20)24(29)27(23(21)28)18-8-10-19(30-2)11-9-18/h3-14,26H,1-2H3. The van der Waals surface area contributed by atoms with Crippen molar-refractivity contribution < 1.29 is 14.3 Å². The maximum atomic E-state index is 13.3. The molecule has 0 saturated heterocycles. The van der Waals surface area contributed by atoms with Crippen LogP contribution >= 0.6 is 23.4 Å². The Hall–Kier alpha value is -3.22. The van der Waals surface area contributed by atoms with Crippen LogP contribution in [-0.4, -0.2) is 18.9 Å². The first-order valence-corrected chi connectivity index (χ1v) is 10.7. The molecule has 1 heterocycles. The van der Waals surface area contributed by atoms with Gasteiger partial charge in [0, 0.05) is 15.6 Å². The van der Waals surface area contributed by atoms with Gasteiger partial charge >= 0.3 is 0 Å². The summed E-state index contributed by atoms with van der Waals surface area (Å²) in [5.41, 5.74) is 2.50. The van der Waals surface area contributed by atoms with Gasteiger partial charge in [-0.1, -0.05) is 35.5 Å². The second-order valence-corrected chi connectivity index (χ2v) is 8.42. The van der Waals surface area contributed by atoms with Crippen molar-refractivity contribution in [2.24, 2.45) is 0 Å². The molecule has 0 atom stereocenters. The van der Waals surface area contributed by atoms with E-state index in [1.807, 2.05) is 43.3 Å². The van der Waals surface area contributed by atoms with Crippen molar-refractivity contribution in [3.05, 3.63) is 94.0 Å². The first-order chi connectivity index (χ1) is 15.0. The summed E-state index contributed by atoms with van der Waals surface area (Å²) in [4.78, 5) is 29.0. The Kier molecular flexibility index (Phi) is 6.02. The molecule has 0 saturated carbocycles. The van der Waals surface area contributed by atoms with Crippen molar-refractivity contribution in [2.75, 3.05) is 17.3 Å². The van der Waals surface area contributed by atoms with Gasteiger partial charge in [0.1, 0.15) is 16.4 Å². The molecule has 0 unspecified atom stereocenters. The zero-order valence-corrected chi connectivity index (χ0v) is 18.5. The number of halogens is 1. The van der Waals surface area contributed by atoms with E-state index in [1.165, 1.54) is 16.7 Å². The predicted octanol–water partition coefficient (Wildman–Crippen LogP) is 5.65. The van der Waals surface area contributed by atoms with Gasteiger partial charge in [0.25, 0.3) is 11.8 Å². The summed E-state index contributed by atoms with van der Waals surface area (Å²) in [6, 6.07) is 21.6. The minimum atomic E-state index is -0.409. The highest BCUT2D eigenvalue weighted by molar-refractivity contribution is 8.04. The van der Waals surface area contributed by atoms with E-state index in [1.54, 1.807) is 43.5 Å². The molecule has 1 aliphatic heterocycles. The summed E-state index contributed by atoms with van der Waals surface area (Å²) in [5.74, 6) is -0.150. The molecule has 0 radical (unpaired) electrons. The highest BCUT2D eigenvalue weighted by Crippen LogP contribution is 2.38. The van der Waals surface area contributed by atoms with Crippen LogP contribution < -0.4 is 15.0 Å². The lowest BCUT2D eigenvalue weighted by atomic mass is 10.2. The van der Waals surface area contributed by atoms with Gasteiger partial charge < -0.3 is 10.1 Å². The fourth-order valence-electron chi connectivity index (χ4n) is 3.17. The Morgan fingerprint density at radius 2 is 1.65 bits per heavy atom. The van der Waals surface area contributed by atoms with Crippen molar-refractivity contribution in [3.8, 4) is 5.75 Å². The molecule has 5 nitrogen and oxygen atoms in total. The lowest BCUT2D eigenvalue weighted by Crippen LogP contribution is -2.32. The number of amides is 2. The molecule has 3 aromatic carbocycles. The molecule has 3 aromatic rings. The number of nitrogens with one attached hydrogen (secondary N) is 1. The van der Waals surface area contributed by atoms with E-state index in [2.05, 4.69) is 5.32 Å². The largest absolute Gasteiger partial charge is 0.497 e. The zero-order chi connectivity index (χ0) is 22.0. The Morgan fingerprint density at radius 1 is 0.935 bits per heavy atom. The van der Waals surface area contributed by atoms with Crippen LogP contribution in [0.3, 0.4) is 0 Å². The number of thioether (sulfide) groups is 1. The third kappa shape index (κ3) is 4.45. The molecule has 0 fully saturated rings. The first-order valence-electron chi connectivity index (χ1n) is 9.50. The van der Waals surface area contributed by atoms with E-state index in [0.29, 0.717) is 21.4 Å². The number of rotatable bonds is 6. The molecular formula is C24H19ClN2O3S. The fraction of sp³-hybridized carbons (Fsp3) is 0.0833. The fourth-order valence-corrected chi connectivity index (χ4v) is 4.22. The van der Waals surface area contributed by atoms with E-state index >= 15 is 0 Å². The van der Waals surface area contributed by atoms with Gasteiger partial charge in [0.2, 0.25) is 0 Å². The summed E-state index contributed by atoms with van der Waals surface area (Å²) in [6.45, 7) is 1.97. The van der Waals surface area contributed by atoms with Crippen molar-refractivity contribution in [1.29, 1.82) is 0 Å². The number of imide groups is 1. The molecule has 1 N–H and O–H groups in total. The Bertz CT molecular complexity index is 1170. The van der Waals surface area contributed by atoms with E-state index in [9.17, 15) is 9.59 Å². The molecule has 0 spiro atoms. The Morgan fingerprint density at radius 3 is 2.29 bits per heavy atom. The maximum absolute atomic E-state index is 13.3. The lowest BCUT2D eigenvalue weighted by molar-refractivity contribution is -0.120. The molecule has 0 aromatic heterocycles. The average molecular weight is 451 g/mol. The Labute approximate surface area is 189 Å². The predicted molar refractivity (Wildman–Crippen MR) is 125 cm³/mol. The monoisotopic (exact) mass is 450 g/mol. The van der Waals surface area contributed by atoms with Crippen molar-refractivity contribution in [2.45, 2.75) is 11.8 Å². The highest BCUT2D eigenvalue weighted by Gasteiger charge is 2.40.